The molecule has 2 aromatic rings. The van der Waals surface area contributed by atoms with Crippen LogP contribution in [0.5, 0.6) is 0 Å². The van der Waals surface area contributed by atoms with Crippen molar-refractivity contribution in [3.05, 3.63) is 70.2 Å². The lowest BCUT2D eigenvalue weighted by Crippen LogP contribution is -2.28. The molecule has 1 amide bonds. The molecule has 0 radical (unpaired) electrons. The SMILES string of the molecule is O=C(OCC(=O)N1CCC(c2ccccc2)=N1)c1cccc(Br)c1. The molecule has 0 aliphatic carbocycles. The van der Waals surface area contributed by atoms with E-state index in [0.29, 0.717) is 18.5 Å². The molecule has 0 saturated carbocycles. The fourth-order valence-electron chi connectivity index (χ4n) is 2.37. The predicted molar refractivity (Wildman–Crippen MR) is 93.7 cm³/mol. The van der Waals surface area contributed by atoms with Crippen LogP contribution in [-0.4, -0.2) is 35.7 Å². The average Bonchev–Trinajstić information content (AvgIpc) is 3.10. The molecule has 1 heterocycles. The number of carbonyl (C=O) groups is 2. The largest absolute Gasteiger partial charge is 0.452 e. The van der Waals surface area contributed by atoms with Gasteiger partial charge in [0.05, 0.1) is 17.8 Å². The summed E-state index contributed by atoms with van der Waals surface area (Å²) in [7, 11) is 0. The van der Waals surface area contributed by atoms with Crippen LogP contribution in [0.2, 0.25) is 0 Å². The maximum absolute atomic E-state index is 12.2. The van der Waals surface area contributed by atoms with Crippen LogP contribution in [0.3, 0.4) is 0 Å². The Balaban J connectivity index is 1.58. The molecular formula is C18H15BrN2O3. The van der Waals surface area contributed by atoms with Crippen LogP contribution in [0, 0.1) is 0 Å². The highest BCUT2D eigenvalue weighted by molar-refractivity contribution is 9.10. The van der Waals surface area contributed by atoms with E-state index in [-0.39, 0.29) is 12.5 Å². The predicted octanol–water partition coefficient (Wildman–Crippen LogP) is 3.24. The van der Waals surface area contributed by atoms with Gasteiger partial charge in [-0.3, -0.25) is 4.79 Å². The minimum atomic E-state index is -0.531. The number of carbonyl (C=O) groups excluding carboxylic acids is 2. The molecule has 0 spiro atoms. The number of esters is 1. The maximum atomic E-state index is 12.2. The van der Waals surface area contributed by atoms with E-state index in [1.54, 1.807) is 18.2 Å². The zero-order valence-electron chi connectivity index (χ0n) is 12.8. The van der Waals surface area contributed by atoms with Crippen molar-refractivity contribution in [2.24, 2.45) is 5.10 Å². The number of benzene rings is 2. The van der Waals surface area contributed by atoms with E-state index in [2.05, 4.69) is 21.0 Å². The Morgan fingerprint density at radius 1 is 1.12 bits per heavy atom. The first-order valence-corrected chi connectivity index (χ1v) is 8.29. The summed E-state index contributed by atoms with van der Waals surface area (Å²) in [6.07, 6.45) is 0.690. The Hall–Kier alpha value is -2.47. The van der Waals surface area contributed by atoms with Crippen molar-refractivity contribution < 1.29 is 14.3 Å². The van der Waals surface area contributed by atoms with Crippen LogP contribution >= 0.6 is 15.9 Å². The molecule has 0 unspecified atom stereocenters. The molecular weight excluding hydrogens is 372 g/mol. The molecule has 0 aromatic heterocycles. The van der Waals surface area contributed by atoms with E-state index in [0.717, 1.165) is 15.7 Å². The smallest absolute Gasteiger partial charge is 0.338 e. The second-order valence-electron chi connectivity index (χ2n) is 5.27. The number of rotatable bonds is 4. The zero-order valence-corrected chi connectivity index (χ0v) is 14.4. The van der Waals surface area contributed by atoms with E-state index in [1.165, 1.54) is 5.01 Å². The van der Waals surface area contributed by atoms with E-state index >= 15 is 0 Å². The molecule has 1 aliphatic rings. The highest BCUT2D eigenvalue weighted by Crippen LogP contribution is 2.15. The lowest BCUT2D eigenvalue weighted by atomic mass is 10.1. The van der Waals surface area contributed by atoms with Gasteiger partial charge in [0.15, 0.2) is 6.61 Å². The molecule has 0 fully saturated rings. The van der Waals surface area contributed by atoms with Crippen LogP contribution < -0.4 is 0 Å². The third kappa shape index (κ3) is 3.89. The van der Waals surface area contributed by atoms with Gasteiger partial charge < -0.3 is 4.74 Å². The average molecular weight is 387 g/mol. The van der Waals surface area contributed by atoms with Crippen molar-refractivity contribution in [2.45, 2.75) is 6.42 Å². The molecule has 0 atom stereocenters. The molecule has 122 valence electrons. The number of nitrogens with zero attached hydrogens (tertiary/aromatic N) is 2. The summed E-state index contributed by atoms with van der Waals surface area (Å²) >= 11 is 3.29. The molecule has 0 bridgehead atoms. The molecule has 24 heavy (non-hydrogen) atoms. The van der Waals surface area contributed by atoms with Gasteiger partial charge in [0.1, 0.15) is 0 Å². The van der Waals surface area contributed by atoms with Gasteiger partial charge in [-0.25, -0.2) is 9.80 Å². The Labute approximate surface area is 148 Å². The zero-order chi connectivity index (χ0) is 16.9. The van der Waals surface area contributed by atoms with E-state index < -0.39 is 5.97 Å². The van der Waals surface area contributed by atoms with Crippen molar-refractivity contribution >= 4 is 33.5 Å². The lowest BCUT2D eigenvalue weighted by Gasteiger charge is -2.11. The van der Waals surface area contributed by atoms with Crippen LogP contribution in [-0.2, 0) is 9.53 Å². The summed E-state index contributed by atoms with van der Waals surface area (Å²) in [5.41, 5.74) is 2.26. The Kier molecular flexibility index (Phi) is 5.05. The highest BCUT2D eigenvalue weighted by atomic mass is 79.9. The molecule has 3 rings (SSSR count). The Morgan fingerprint density at radius 3 is 2.67 bits per heavy atom. The van der Waals surface area contributed by atoms with E-state index in [9.17, 15) is 9.59 Å². The van der Waals surface area contributed by atoms with Crippen LogP contribution in [0.1, 0.15) is 22.3 Å². The molecule has 5 nitrogen and oxygen atoms in total. The molecule has 2 aromatic carbocycles. The fourth-order valence-corrected chi connectivity index (χ4v) is 2.77. The third-order valence-electron chi connectivity index (χ3n) is 3.58. The minimum Gasteiger partial charge on any atom is -0.452 e. The third-order valence-corrected chi connectivity index (χ3v) is 4.08. The van der Waals surface area contributed by atoms with Crippen molar-refractivity contribution in [1.82, 2.24) is 5.01 Å². The first-order valence-electron chi connectivity index (χ1n) is 7.49. The quantitative estimate of drug-likeness (QED) is 0.757. The van der Waals surface area contributed by atoms with Crippen molar-refractivity contribution in [2.75, 3.05) is 13.2 Å². The van der Waals surface area contributed by atoms with Gasteiger partial charge in [0.25, 0.3) is 5.91 Å². The van der Waals surface area contributed by atoms with Gasteiger partial charge in [-0.1, -0.05) is 52.3 Å². The van der Waals surface area contributed by atoms with Crippen LogP contribution in [0.15, 0.2) is 64.2 Å². The Bertz CT molecular complexity index is 790. The van der Waals surface area contributed by atoms with E-state index in [1.807, 2.05) is 36.4 Å². The number of halogens is 1. The van der Waals surface area contributed by atoms with Gasteiger partial charge in [0, 0.05) is 10.9 Å². The molecule has 0 saturated heterocycles. The van der Waals surface area contributed by atoms with Crippen molar-refractivity contribution in [1.29, 1.82) is 0 Å². The van der Waals surface area contributed by atoms with Crippen LogP contribution in [0.4, 0.5) is 0 Å². The van der Waals surface area contributed by atoms with E-state index in [4.69, 9.17) is 4.74 Å². The first kappa shape index (κ1) is 16.4. The van der Waals surface area contributed by atoms with Gasteiger partial charge in [0.2, 0.25) is 0 Å². The summed E-state index contributed by atoms with van der Waals surface area (Å²) in [5.74, 6) is -0.861. The first-order chi connectivity index (χ1) is 11.6. The maximum Gasteiger partial charge on any atom is 0.338 e. The number of hydrogen-bond donors (Lipinski definition) is 0. The van der Waals surface area contributed by atoms with Crippen LogP contribution in [0.25, 0.3) is 0 Å². The molecule has 1 aliphatic heterocycles. The van der Waals surface area contributed by atoms with Crippen molar-refractivity contribution in [3.63, 3.8) is 0 Å². The van der Waals surface area contributed by atoms with Gasteiger partial charge in [-0.2, -0.15) is 5.10 Å². The fraction of sp³-hybridized carbons (Fsp3) is 0.167. The standard InChI is InChI=1S/C18H15BrN2O3/c19-15-8-4-7-14(11-15)18(23)24-12-17(22)21-10-9-16(20-21)13-5-2-1-3-6-13/h1-8,11H,9-10,12H2. The number of amides is 1. The lowest BCUT2D eigenvalue weighted by molar-refractivity contribution is -0.134. The minimum absolute atomic E-state index is 0.323. The number of hydrogen-bond acceptors (Lipinski definition) is 4. The second-order valence-corrected chi connectivity index (χ2v) is 6.18. The summed E-state index contributed by atoms with van der Waals surface area (Å²) in [6, 6.07) is 16.5. The van der Waals surface area contributed by atoms with Gasteiger partial charge in [-0.15, -0.1) is 0 Å². The Morgan fingerprint density at radius 2 is 1.92 bits per heavy atom. The summed E-state index contributed by atoms with van der Waals surface area (Å²) in [4.78, 5) is 24.1. The van der Waals surface area contributed by atoms with Crippen molar-refractivity contribution in [3.8, 4) is 0 Å². The van der Waals surface area contributed by atoms with Gasteiger partial charge in [-0.05, 0) is 23.8 Å². The number of hydrazone groups is 1. The highest BCUT2D eigenvalue weighted by Gasteiger charge is 2.22. The molecule has 0 N–H and O–H groups in total. The normalized spacial score (nSPS) is 13.5. The number of ether oxygens (including phenoxy) is 1. The summed E-state index contributed by atoms with van der Waals surface area (Å²) in [6.45, 7) is 0.175. The summed E-state index contributed by atoms with van der Waals surface area (Å²) in [5, 5.41) is 5.68. The summed E-state index contributed by atoms with van der Waals surface area (Å²) < 4.78 is 5.86. The van der Waals surface area contributed by atoms with Gasteiger partial charge >= 0.3 is 5.97 Å². The molecule has 6 heteroatoms. The second kappa shape index (κ2) is 7.40. The topological polar surface area (TPSA) is 59.0 Å². The monoisotopic (exact) mass is 386 g/mol.